The number of rotatable bonds is 3. The van der Waals surface area contributed by atoms with Crippen molar-refractivity contribution in [1.29, 1.82) is 0 Å². The van der Waals surface area contributed by atoms with E-state index in [9.17, 15) is 13.9 Å². The predicted molar refractivity (Wildman–Crippen MR) is 86.1 cm³/mol. The van der Waals surface area contributed by atoms with E-state index in [1.54, 1.807) is 13.8 Å². The quantitative estimate of drug-likeness (QED) is 0.813. The first-order chi connectivity index (χ1) is 10.9. The summed E-state index contributed by atoms with van der Waals surface area (Å²) in [6.07, 6.45) is -0.862. The number of aliphatic hydroxyl groups excluding tert-OH is 1. The minimum Gasteiger partial charge on any atom is -0.389 e. The number of halogens is 2. The number of hydrogen-bond donors (Lipinski definition) is 3. The number of fused-ring (bicyclic) bond motifs is 1. The smallest absolute Gasteiger partial charge is 0.133 e. The molecule has 1 heterocycles. The Kier molecular flexibility index (Phi) is 4.08. The summed E-state index contributed by atoms with van der Waals surface area (Å²) in [7, 11) is 0. The molecule has 5 heteroatoms. The van der Waals surface area contributed by atoms with Crippen molar-refractivity contribution in [3.05, 3.63) is 65.2 Å². The zero-order valence-corrected chi connectivity index (χ0v) is 13.1. The van der Waals surface area contributed by atoms with E-state index in [0.717, 1.165) is 11.6 Å². The van der Waals surface area contributed by atoms with Gasteiger partial charge in [-0.15, -0.1) is 0 Å². The lowest BCUT2D eigenvalue weighted by molar-refractivity contribution is 0.0662. The SMILES string of the molecule is CC1(C)Nc2cc(F)cc(F)c2[C@@H](NCc2ccccc2)[C@@H]1O. The highest BCUT2D eigenvalue weighted by Gasteiger charge is 2.42. The lowest BCUT2D eigenvalue weighted by Crippen LogP contribution is -2.54. The van der Waals surface area contributed by atoms with Crippen molar-refractivity contribution in [3.8, 4) is 0 Å². The Balaban J connectivity index is 1.95. The van der Waals surface area contributed by atoms with Crippen LogP contribution >= 0.6 is 0 Å². The molecule has 2 aromatic carbocycles. The Morgan fingerprint density at radius 1 is 1.17 bits per heavy atom. The molecule has 2 aromatic rings. The van der Waals surface area contributed by atoms with Gasteiger partial charge in [0.15, 0.2) is 0 Å². The summed E-state index contributed by atoms with van der Waals surface area (Å²) in [5.74, 6) is -1.30. The molecule has 0 bridgehead atoms. The summed E-state index contributed by atoms with van der Waals surface area (Å²) in [6, 6.07) is 11.2. The average Bonchev–Trinajstić information content (AvgIpc) is 2.48. The van der Waals surface area contributed by atoms with E-state index in [-0.39, 0.29) is 5.56 Å². The van der Waals surface area contributed by atoms with Gasteiger partial charge in [0.1, 0.15) is 11.6 Å². The highest BCUT2D eigenvalue weighted by atomic mass is 19.1. The second-order valence-electron chi connectivity index (χ2n) is 6.48. The fourth-order valence-electron chi connectivity index (χ4n) is 3.04. The first-order valence-corrected chi connectivity index (χ1v) is 7.61. The second-order valence-corrected chi connectivity index (χ2v) is 6.48. The van der Waals surface area contributed by atoms with Gasteiger partial charge in [-0.25, -0.2) is 8.78 Å². The summed E-state index contributed by atoms with van der Waals surface area (Å²) in [5, 5.41) is 16.9. The summed E-state index contributed by atoms with van der Waals surface area (Å²) < 4.78 is 27.8. The molecule has 3 rings (SSSR count). The van der Waals surface area contributed by atoms with Crippen LogP contribution in [0.2, 0.25) is 0 Å². The molecule has 1 aliphatic rings. The minimum atomic E-state index is -0.862. The van der Waals surface area contributed by atoms with Crippen LogP contribution in [0.15, 0.2) is 42.5 Å². The predicted octanol–water partition coefficient (Wildman–Crippen LogP) is 3.36. The number of hydrogen-bond acceptors (Lipinski definition) is 3. The second kappa shape index (κ2) is 5.91. The van der Waals surface area contributed by atoms with Crippen LogP contribution in [0.1, 0.15) is 31.0 Å². The van der Waals surface area contributed by atoms with Crippen molar-refractivity contribution in [2.75, 3.05) is 5.32 Å². The van der Waals surface area contributed by atoms with Gasteiger partial charge in [-0.3, -0.25) is 0 Å². The summed E-state index contributed by atoms with van der Waals surface area (Å²) in [4.78, 5) is 0. The van der Waals surface area contributed by atoms with Crippen molar-refractivity contribution < 1.29 is 13.9 Å². The molecule has 0 saturated heterocycles. The normalized spacial score (nSPS) is 22.3. The Bertz CT molecular complexity index is 704. The zero-order chi connectivity index (χ0) is 16.6. The zero-order valence-electron chi connectivity index (χ0n) is 13.1. The molecule has 122 valence electrons. The Morgan fingerprint density at radius 2 is 1.87 bits per heavy atom. The van der Waals surface area contributed by atoms with Crippen LogP contribution in [0, 0.1) is 11.6 Å². The average molecular weight is 318 g/mol. The molecular weight excluding hydrogens is 298 g/mol. The van der Waals surface area contributed by atoms with Gasteiger partial charge >= 0.3 is 0 Å². The van der Waals surface area contributed by atoms with E-state index in [1.165, 1.54) is 6.07 Å². The lowest BCUT2D eigenvalue weighted by atomic mass is 9.82. The van der Waals surface area contributed by atoms with Crippen LogP contribution in [0.3, 0.4) is 0 Å². The maximum Gasteiger partial charge on any atom is 0.133 e. The molecule has 3 nitrogen and oxygen atoms in total. The molecule has 0 fully saturated rings. The van der Waals surface area contributed by atoms with Crippen molar-refractivity contribution >= 4 is 5.69 Å². The Morgan fingerprint density at radius 3 is 2.57 bits per heavy atom. The molecule has 0 aliphatic carbocycles. The van der Waals surface area contributed by atoms with Gasteiger partial charge in [-0.2, -0.15) is 0 Å². The maximum atomic E-state index is 14.3. The van der Waals surface area contributed by atoms with Crippen LogP contribution in [0.4, 0.5) is 14.5 Å². The van der Waals surface area contributed by atoms with E-state index in [2.05, 4.69) is 10.6 Å². The number of nitrogens with one attached hydrogen (secondary N) is 2. The Labute approximate surface area is 134 Å². The molecule has 0 spiro atoms. The van der Waals surface area contributed by atoms with Gasteiger partial charge in [0.2, 0.25) is 0 Å². The fraction of sp³-hybridized carbons (Fsp3) is 0.333. The highest BCUT2D eigenvalue weighted by molar-refractivity contribution is 5.58. The van der Waals surface area contributed by atoms with Crippen molar-refractivity contribution in [1.82, 2.24) is 5.32 Å². The molecular formula is C18H20F2N2O. The van der Waals surface area contributed by atoms with Crippen molar-refractivity contribution in [2.24, 2.45) is 0 Å². The van der Waals surface area contributed by atoms with Crippen molar-refractivity contribution in [2.45, 2.75) is 38.1 Å². The van der Waals surface area contributed by atoms with Crippen LogP contribution in [0.5, 0.6) is 0 Å². The molecule has 0 saturated carbocycles. The highest BCUT2D eigenvalue weighted by Crippen LogP contribution is 2.39. The van der Waals surface area contributed by atoms with E-state index in [4.69, 9.17) is 0 Å². The van der Waals surface area contributed by atoms with Crippen molar-refractivity contribution in [3.63, 3.8) is 0 Å². The minimum absolute atomic E-state index is 0.272. The third kappa shape index (κ3) is 3.07. The third-order valence-corrected chi connectivity index (χ3v) is 4.29. The summed E-state index contributed by atoms with van der Waals surface area (Å²) in [5.41, 5.74) is 0.972. The number of benzene rings is 2. The van der Waals surface area contributed by atoms with Gasteiger partial charge in [-0.05, 0) is 25.5 Å². The Hall–Kier alpha value is -1.98. The molecule has 3 N–H and O–H groups in total. The molecule has 0 unspecified atom stereocenters. The van der Waals surface area contributed by atoms with Crippen LogP contribution < -0.4 is 10.6 Å². The van der Waals surface area contributed by atoms with Gasteiger partial charge in [-0.1, -0.05) is 30.3 Å². The van der Waals surface area contributed by atoms with Crippen LogP contribution in [-0.4, -0.2) is 16.7 Å². The largest absolute Gasteiger partial charge is 0.389 e. The summed E-state index contributed by atoms with van der Waals surface area (Å²) >= 11 is 0. The third-order valence-electron chi connectivity index (χ3n) is 4.29. The molecule has 1 aliphatic heterocycles. The topological polar surface area (TPSA) is 44.3 Å². The standard InChI is InChI=1S/C18H20F2N2O/c1-18(2)17(23)16(21-10-11-6-4-3-5-7-11)15-13(20)8-12(19)9-14(15)22-18/h3-9,16-17,21-23H,10H2,1-2H3/t16-,17+/m1/s1. The monoisotopic (exact) mass is 318 g/mol. The molecule has 2 atom stereocenters. The van der Waals surface area contributed by atoms with E-state index in [0.29, 0.717) is 12.2 Å². The van der Waals surface area contributed by atoms with Gasteiger partial charge in [0.25, 0.3) is 0 Å². The maximum absolute atomic E-state index is 14.3. The molecule has 0 aromatic heterocycles. The fourth-order valence-corrected chi connectivity index (χ4v) is 3.04. The summed E-state index contributed by atoms with van der Waals surface area (Å²) in [6.45, 7) is 4.09. The molecule has 0 radical (unpaired) electrons. The first-order valence-electron chi connectivity index (χ1n) is 7.61. The lowest BCUT2D eigenvalue weighted by Gasteiger charge is -2.43. The van der Waals surface area contributed by atoms with Gasteiger partial charge in [0.05, 0.1) is 17.7 Å². The first kappa shape index (κ1) is 15.9. The molecule has 23 heavy (non-hydrogen) atoms. The number of aliphatic hydroxyl groups is 1. The van der Waals surface area contributed by atoms with E-state index < -0.39 is 29.3 Å². The van der Waals surface area contributed by atoms with E-state index >= 15 is 0 Å². The van der Waals surface area contributed by atoms with Gasteiger partial charge < -0.3 is 15.7 Å². The number of anilines is 1. The van der Waals surface area contributed by atoms with Crippen LogP contribution in [-0.2, 0) is 6.54 Å². The molecule has 0 amide bonds. The van der Waals surface area contributed by atoms with Gasteiger partial charge in [0, 0.05) is 23.9 Å². The van der Waals surface area contributed by atoms with E-state index in [1.807, 2.05) is 30.3 Å². The van der Waals surface area contributed by atoms with Crippen LogP contribution in [0.25, 0.3) is 0 Å².